The lowest BCUT2D eigenvalue weighted by atomic mass is 10.1. The molecule has 0 spiro atoms. The quantitative estimate of drug-likeness (QED) is 0.683. The highest BCUT2D eigenvalue weighted by Gasteiger charge is 2.03. The van der Waals surface area contributed by atoms with Crippen LogP contribution in [0.25, 0.3) is 5.57 Å². The summed E-state index contributed by atoms with van der Waals surface area (Å²) < 4.78 is 5.22. The SMILES string of the molecule is C=C(c1ccsc1)c1ccco1. The van der Waals surface area contributed by atoms with Crippen molar-refractivity contribution in [3.8, 4) is 0 Å². The summed E-state index contributed by atoms with van der Waals surface area (Å²) in [4.78, 5) is 0. The van der Waals surface area contributed by atoms with Crippen molar-refractivity contribution in [3.63, 3.8) is 0 Å². The fourth-order valence-electron chi connectivity index (χ4n) is 1.03. The van der Waals surface area contributed by atoms with E-state index in [9.17, 15) is 0 Å². The van der Waals surface area contributed by atoms with Crippen molar-refractivity contribution in [3.05, 3.63) is 53.1 Å². The van der Waals surface area contributed by atoms with Crippen LogP contribution in [0.1, 0.15) is 11.3 Å². The van der Waals surface area contributed by atoms with Gasteiger partial charge in [-0.1, -0.05) is 6.58 Å². The van der Waals surface area contributed by atoms with E-state index in [1.54, 1.807) is 17.6 Å². The highest BCUT2D eigenvalue weighted by Crippen LogP contribution is 2.23. The average Bonchev–Trinajstić information content (AvgIpc) is 2.77. The third-order valence-electron chi connectivity index (χ3n) is 1.69. The van der Waals surface area contributed by atoms with Crippen LogP contribution >= 0.6 is 11.3 Å². The smallest absolute Gasteiger partial charge is 0.133 e. The van der Waals surface area contributed by atoms with Gasteiger partial charge in [-0.05, 0) is 34.5 Å². The molecule has 0 amide bonds. The van der Waals surface area contributed by atoms with Crippen molar-refractivity contribution in [2.75, 3.05) is 0 Å². The van der Waals surface area contributed by atoms with Gasteiger partial charge < -0.3 is 4.42 Å². The lowest BCUT2D eigenvalue weighted by Crippen LogP contribution is -1.77. The largest absolute Gasteiger partial charge is 0.464 e. The number of thiophene rings is 1. The summed E-state index contributed by atoms with van der Waals surface area (Å²) in [5, 5.41) is 4.09. The van der Waals surface area contributed by atoms with E-state index in [-0.39, 0.29) is 0 Å². The van der Waals surface area contributed by atoms with E-state index in [0.29, 0.717) is 0 Å². The van der Waals surface area contributed by atoms with Gasteiger partial charge in [0.1, 0.15) is 5.76 Å². The van der Waals surface area contributed by atoms with Crippen molar-refractivity contribution >= 4 is 16.9 Å². The molecule has 0 atom stereocenters. The molecule has 0 fully saturated rings. The molecule has 0 aromatic carbocycles. The van der Waals surface area contributed by atoms with E-state index in [0.717, 1.165) is 16.9 Å². The van der Waals surface area contributed by atoms with Crippen LogP contribution in [0.5, 0.6) is 0 Å². The number of furan rings is 1. The standard InChI is InChI=1S/C10H8OS/c1-8(9-4-6-12-7-9)10-3-2-5-11-10/h2-7H,1H2. The van der Waals surface area contributed by atoms with Crippen molar-refractivity contribution in [1.29, 1.82) is 0 Å². The highest BCUT2D eigenvalue weighted by molar-refractivity contribution is 7.08. The molecule has 0 aliphatic rings. The van der Waals surface area contributed by atoms with Crippen molar-refractivity contribution in [2.24, 2.45) is 0 Å². The van der Waals surface area contributed by atoms with Crippen LogP contribution in [0.15, 0.2) is 46.2 Å². The van der Waals surface area contributed by atoms with Crippen LogP contribution in [0.2, 0.25) is 0 Å². The first-order chi connectivity index (χ1) is 5.88. The van der Waals surface area contributed by atoms with Crippen molar-refractivity contribution in [1.82, 2.24) is 0 Å². The Morgan fingerprint density at radius 1 is 1.42 bits per heavy atom. The first kappa shape index (κ1) is 7.37. The van der Waals surface area contributed by atoms with E-state index in [1.807, 2.05) is 23.6 Å². The average molecular weight is 176 g/mol. The second-order valence-electron chi connectivity index (χ2n) is 2.47. The summed E-state index contributed by atoms with van der Waals surface area (Å²) in [7, 11) is 0. The van der Waals surface area contributed by atoms with E-state index >= 15 is 0 Å². The van der Waals surface area contributed by atoms with Crippen LogP contribution < -0.4 is 0 Å². The molecule has 0 unspecified atom stereocenters. The zero-order chi connectivity index (χ0) is 8.39. The normalized spacial score (nSPS) is 10.0. The third kappa shape index (κ3) is 1.21. The number of rotatable bonds is 2. The fourth-order valence-corrected chi connectivity index (χ4v) is 1.70. The minimum atomic E-state index is 0.841. The molecule has 2 heteroatoms. The maximum absolute atomic E-state index is 5.22. The van der Waals surface area contributed by atoms with E-state index in [2.05, 4.69) is 12.0 Å². The minimum absolute atomic E-state index is 0.841. The highest BCUT2D eigenvalue weighted by atomic mass is 32.1. The molecule has 2 heterocycles. The van der Waals surface area contributed by atoms with Gasteiger partial charge in [0.25, 0.3) is 0 Å². The Kier molecular flexibility index (Phi) is 1.84. The first-order valence-electron chi connectivity index (χ1n) is 3.63. The summed E-state index contributed by atoms with van der Waals surface area (Å²) >= 11 is 1.66. The van der Waals surface area contributed by atoms with Crippen molar-refractivity contribution in [2.45, 2.75) is 0 Å². The first-order valence-corrected chi connectivity index (χ1v) is 4.57. The maximum Gasteiger partial charge on any atom is 0.133 e. The minimum Gasteiger partial charge on any atom is -0.464 e. The Bertz CT molecular complexity index is 320. The van der Waals surface area contributed by atoms with Gasteiger partial charge in [0, 0.05) is 5.57 Å². The molecule has 0 radical (unpaired) electrons. The van der Waals surface area contributed by atoms with Crippen LogP contribution in [-0.2, 0) is 0 Å². The molecule has 0 N–H and O–H groups in total. The molecule has 2 rings (SSSR count). The second kappa shape index (κ2) is 2.99. The van der Waals surface area contributed by atoms with Gasteiger partial charge in [-0.25, -0.2) is 0 Å². The monoisotopic (exact) mass is 176 g/mol. The summed E-state index contributed by atoms with van der Waals surface area (Å²) in [6.45, 7) is 3.95. The molecule has 2 aromatic rings. The summed E-state index contributed by atoms with van der Waals surface area (Å²) in [6.07, 6.45) is 1.66. The van der Waals surface area contributed by atoms with E-state index in [1.165, 1.54) is 0 Å². The van der Waals surface area contributed by atoms with Crippen LogP contribution in [0.3, 0.4) is 0 Å². The van der Waals surface area contributed by atoms with Crippen molar-refractivity contribution < 1.29 is 4.42 Å². The molecule has 0 saturated carbocycles. The number of hydrogen-bond acceptors (Lipinski definition) is 2. The lowest BCUT2D eigenvalue weighted by molar-refractivity contribution is 0.554. The Hall–Kier alpha value is -1.28. The summed E-state index contributed by atoms with van der Waals surface area (Å²) in [5.41, 5.74) is 2.08. The molecule has 0 aliphatic carbocycles. The predicted molar refractivity (Wildman–Crippen MR) is 51.2 cm³/mol. The molecule has 2 aromatic heterocycles. The Balaban J connectivity index is 2.34. The molecule has 0 aliphatic heterocycles. The molecular formula is C10H8OS. The molecule has 1 nitrogen and oxygen atoms in total. The summed E-state index contributed by atoms with van der Waals surface area (Å²) in [6, 6.07) is 5.82. The predicted octanol–water partition coefficient (Wildman–Crippen LogP) is 3.40. The summed E-state index contributed by atoms with van der Waals surface area (Å²) in [5.74, 6) is 0.841. The Morgan fingerprint density at radius 3 is 2.92 bits per heavy atom. The number of hydrogen-bond donors (Lipinski definition) is 0. The van der Waals surface area contributed by atoms with Gasteiger partial charge >= 0.3 is 0 Å². The van der Waals surface area contributed by atoms with E-state index in [4.69, 9.17) is 4.42 Å². The van der Waals surface area contributed by atoms with E-state index < -0.39 is 0 Å². The zero-order valence-corrected chi connectivity index (χ0v) is 7.30. The van der Waals surface area contributed by atoms with Gasteiger partial charge in [0.05, 0.1) is 6.26 Å². The molecule has 12 heavy (non-hydrogen) atoms. The molecule has 0 saturated heterocycles. The Morgan fingerprint density at radius 2 is 2.33 bits per heavy atom. The Labute approximate surface area is 75.0 Å². The van der Waals surface area contributed by atoms with Gasteiger partial charge in [-0.15, -0.1) is 0 Å². The van der Waals surface area contributed by atoms with Gasteiger partial charge in [-0.3, -0.25) is 0 Å². The molecule has 60 valence electrons. The molecular weight excluding hydrogens is 168 g/mol. The zero-order valence-electron chi connectivity index (χ0n) is 6.49. The van der Waals surface area contributed by atoms with Gasteiger partial charge in [0.15, 0.2) is 0 Å². The van der Waals surface area contributed by atoms with Crippen LogP contribution in [-0.4, -0.2) is 0 Å². The second-order valence-corrected chi connectivity index (χ2v) is 3.25. The van der Waals surface area contributed by atoms with Gasteiger partial charge in [0.2, 0.25) is 0 Å². The van der Waals surface area contributed by atoms with Crippen LogP contribution in [0.4, 0.5) is 0 Å². The maximum atomic E-state index is 5.22. The third-order valence-corrected chi connectivity index (χ3v) is 2.37. The molecule has 0 bridgehead atoms. The fraction of sp³-hybridized carbons (Fsp3) is 0. The van der Waals surface area contributed by atoms with Crippen LogP contribution in [0, 0.1) is 0 Å². The topological polar surface area (TPSA) is 13.1 Å². The lowest BCUT2D eigenvalue weighted by Gasteiger charge is -1.96. The van der Waals surface area contributed by atoms with Gasteiger partial charge in [-0.2, -0.15) is 11.3 Å².